The highest BCUT2D eigenvalue weighted by Gasteiger charge is 2.18. The fourth-order valence-electron chi connectivity index (χ4n) is 1.77. The fraction of sp³-hybridized carbons (Fsp3) is 0.727. The summed E-state index contributed by atoms with van der Waals surface area (Å²) < 4.78 is 0. The van der Waals surface area contributed by atoms with Gasteiger partial charge in [0.25, 0.3) is 0 Å². The normalized spacial score (nSPS) is 31.8. The molecule has 0 radical (unpaired) electrons. The van der Waals surface area contributed by atoms with Crippen LogP contribution in [0.3, 0.4) is 0 Å². The molecule has 0 aromatic rings. The number of carbonyl (C=O) groups excluding carboxylic acids is 1. The molecule has 0 fully saturated rings. The van der Waals surface area contributed by atoms with E-state index < -0.39 is 0 Å². The minimum absolute atomic E-state index is 0.0535. The largest absolute Gasteiger partial charge is 0.393 e. The molecule has 1 aliphatic carbocycles. The predicted molar refractivity (Wildman–Crippen MR) is 52.4 cm³/mol. The molecule has 2 atom stereocenters. The number of rotatable bonds is 2. The van der Waals surface area contributed by atoms with E-state index in [1.807, 2.05) is 6.08 Å². The Kier molecular flexibility index (Phi) is 4.16. The third kappa shape index (κ3) is 3.73. The third-order valence-electron chi connectivity index (χ3n) is 2.52. The first kappa shape index (κ1) is 10.5. The van der Waals surface area contributed by atoms with Crippen LogP contribution in [0.2, 0.25) is 0 Å². The van der Waals surface area contributed by atoms with Crippen LogP contribution in [-0.4, -0.2) is 17.0 Å². The van der Waals surface area contributed by atoms with Crippen LogP contribution in [0.25, 0.3) is 0 Å². The summed E-state index contributed by atoms with van der Waals surface area (Å²) >= 11 is 0. The Morgan fingerprint density at radius 1 is 1.54 bits per heavy atom. The second-order valence-corrected chi connectivity index (χ2v) is 3.85. The van der Waals surface area contributed by atoms with E-state index in [0.717, 1.165) is 25.7 Å². The van der Waals surface area contributed by atoms with Crippen molar-refractivity contribution in [2.75, 3.05) is 0 Å². The molecule has 74 valence electrons. The van der Waals surface area contributed by atoms with Gasteiger partial charge in [-0.25, -0.2) is 0 Å². The van der Waals surface area contributed by atoms with Gasteiger partial charge in [-0.15, -0.1) is 0 Å². The summed E-state index contributed by atoms with van der Waals surface area (Å²) in [5, 5.41) is 9.72. The molecule has 0 aromatic heterocycles. The number of aliphatic hydroxyl groups excluding tert-OH is 1. The van der Waals surface area contributed by atoms with Crippen molar-refractivity contribution in [3.63, 3.8) is 0 Å². The van der Waals surface area contributed by atoms with Gasteiger partial charge in [0.2, 0.25) is 0 Å². The summed E-state index contributed by atoms with van der Waals surface area (Å²) in [6.45, 7) is 1.58. The van der Waals surface area contributed by atoms with E-state index in [1.165, 1.54) is 0 Å². The quantitative estimate of drug-likeness (QED) is 0.664. The van der Waals surface area contributed by atoms with Gasteiger partial charge in [0.1, 0.15) is 5.78 Å². The summed E-state index contributed by atoms with van der Waals surface area (Å²) in [4.78, 5) is 10.9. The van der Waals surface area contributed by atoms with E-state index in [9.17, 15) is 9.90 Å². The lowest BCUT2D eigenvalue weighted by molar-refractivity contribution is -0.118. The molecule has 0 aliphatic heterocycles. The summed E-state index contributed by atoms with van der Waals surface area (Å²) in [5.41, 5.74) is 0. The molecule has 0 amide bonds. The lowest BCUT2D eigenvalue weighted by atomic mass is 9.90. The van der Waals surface area contributed by atoms with E-state index in [2.05, 4.69) is 6.08 Å². The van der Waals surface area contributed by atoms with Gasteiger partial charge in [0.05, 0.1) is 6.10 Å². The molecule has 1 N–H and O–H groups in total. The number of hydrogen-bond acceptors (Lipinski definition) is 2. The predicted octanol–water partition coefficient (Wildman–Crippen LogP) is 2.07. The van der Waals surface area contributed by atoms with Gasteiger partial charge in [0.15, 0.2) is 0 Å². The zero-order chi connectivity index (χ0) is 9.68. The highest BCUT2D eigenvalue weighted by Crippen LogP contribution is 2.20. The van der Waals surface area contributed by atoms with Gasteiger partial charge >= 0.3 is 0 Å². The Morgan fingerprint density at radius 2 is 2.31 bits per heavy atom. The van der Waals surface area contributed by atoms with Crippen molar-refractivity contribution in [2.45, 2.75) is 45.1 Å². The monoisotopic (exact) mass is 182 g/mol. The summed E-state index contributed by atoms with van der Waals surface area (Å²) in [7, 11) is 0. The number of ketones is 1. The molecule has 0 aromatic carbocycles. The Morgan fingerprint density at radius 3 is 3.00 bits per heavy atom. The Hall–Kier alpha value is -0.630. The van der Waals surface area contributed by atoms with E-state index in [4.69, 9.17) is 0 Å². The van der Waals surface area contributed by atoms with Crippen molar-refractivity contribution < 1.29 is 9.90 Å². The van der Waals surface area contributed by atoms with Crippen LogP contribution >= 0.6 is 0 Å². The second kappa shape index (κ2) is 5.18. The fourth-order valence-corrected chi connectivity index (χ4v) is 1.77. The van der Waals surface area contributed by atoms with Gasteiger partial charge in [-0.1, -0.05) is 18.6 Å². The highest BCUT2D eigenvalue weighted by atomic mass is 16.3. The molecule has 0 saturated heterocycles. The first-order valence-corrected chi connectivity index (χ1v) is 5.04. The molecular formula is C11H18O2. The Balaban J connectivity index is 2.54. The van der Waals surface area contributed by atoms with Gasteiger partial charge < -0.3 is 9.90 Å². The zero-order valence-electron chi connectivity index (χ0n) is 8.20. The molecule has 0 spiro atoms. The van der Waals surface area contributed by atoms with Crippen LogP contribution in [0.15, 0.2) is 12.2 Å². The SMILES string of the molecule is CC(=O)CC1/C=C/CCCCC1O. The van der Waals surface area contributed by atoms with Gasteiger partial charge in [0, 0.05) is 12.3 Å². The lowest BCUT2D eigenvalue weighted by Crippen LogP contribution is -2.21. The molecule has 0 saturated carbocycles. The first-order chi connectivity index (χ1) is 6.20. The molecule has 0 heterocycles. The van der Waals surface area contributed by atoms with Crippen LogP contribution in [0.5, 0.6) is 0 Å². The van der Waals surface area contributed by atoms with Crippen molar-refractivity contribution in [3.8, 4) is 0 Å². The number of Topliss-reactive ketones (excluding diaryl/α,β-unsaturated/α-hetero) is 1. The zero-order valence-corrected chi connectivity index (χ0v) is 8.20. The number of allylic oxidation sites excluding steroid dienone is 1. The average molecular weight is 182 g/mol. The minimum atomic E-state index is -0.319. The number of hydrogen-bond donors (Lipinski definition) is 1. The maximum atomic E-state index is 10.9. The summed E-state index contributed by atoms with van der Waals surface area (Å²) in [6, 6.07) is 0. The summed E-state index contributed by atoms with van der Waals surface area (Å²) in [5.74, 6) is 0.215. The maximum Gasteiger partial charge on any atom is 0.130 e. The van der Waals surface area contributed by atoms with E-state index in [1.54, 1.807) is 6.92 Å². The molecule has 0 bridgehead atoms. The number of carbonyl (C=O) groups is 1. The van der Waals surface area contributed by atoms with Crippen molar-refractivity contribution >= 4 is 5.78 Å². The van der Waals surface area contributed by atoms with E-state index >= 15 is 0 Å². The molecule has 2 heteroatoms. The molecule has 2 nitrogen and oxygen atoms in total. The van der Waals surface area contributed by atoms with Crippen LogP contribution in [0.1, 0.15) is 39.0 Å². The van der Waals surface area contributed by atoms with Crippen molar-refractivity contribution in [3.05, 3.63) is 12.2 Å². The lowest BCUT2D eigenvalue weighted by Gasteiger charge is -2.20. The van der Waals surface area contributed by atoms with E-state index in [-0.39, 0.29) is 17.8 Å². The smallest absolute Gasteiger partial charge is 0.130 e. The maximum absolute atomic E-state index is 10.9. The van der Waals surface area contributed by atoms with Crippen molar-refractivity contribution in [2.24, 2.45) is 5.92 Å². The van der Waals surface area contributed by atoms with Gasteiger partial charge in [-0.05, 0) is 26.2 Å². The molecular weight excluding hydrogens is 164 g/mol. The first-order valence-electron chi connectivity index (χ1n) is 5.04. The van der Waals surface area contributed by atoms with Crippen LogP contribution in [-0.2, 0) is 4.79 Å². The summed E-state index contributed by atoms with van der Waals surface area (Å²) in [6.07, 6.45) is 8.41. The Bertz CT molecular complexity index is 196. The second-order valence-electron chi connectivity index (χ2n) is 3.85. The topological polar surface area (TPSA) is 37.3 Å². The third-order valence-corrected chi connectivity index (χ3v) is 2.52. The van der Waals surface area contributed by atoms with Crippen LogP contribution < -0.4 is 0 Å². The average Bonchev–Trinajstić information content (AvgIpc) is 2.04. The molecule has 2 unspecified atom stereocenters. The number of aliphatic hydroxyl groups is 1. The van der Waals surface area contributed by atoms with Gasteiger partial charge in [-0.3, -0.25) is 0 Å². The highest BCUT2D eigenvalue weighted by molar-refractivity contribution is 5.76. The van der Waals surface area contributed by atoms with E-state index in [0.29, 0.717) is 6.42 Å². The molecule has 1 aliphatic rings. The van der Waals surface area contributed by atoms with Crippen molar-refractivity contribution in [1.29, 1.82) is 0 Å². The van der Waals surface area contributed by atoms with Crippen LogP contribution in [0.4, 0.5) is 0 Å². The molecule has 13 heavy (non-hydrogen) atoms. The minimum Gasteiger partial charge on any atom is -0.393 e. The standard InChI is InChI=1S/C11H18O2/c1-9(12)8-10-6-4-2-3-5-7-11(10)13/h4,6,10-11,13H,2-3,5,7-8H2,1H3/b6-4+. The van der Waals surface area contributed by atoms with Gasteiger partial charge in [-0.2, -0.15) is 0 Å². The van der Waals surface area contributed by atoms with Crippen LogP contribution in [0, 0.1) is 5.92 Å². The Labute approximate surface area is 79.6 Å². The molecule has 1 rings (SSSR count). The van der Waals surface area contributed by atoms with Crippen molar-refractivity contribution in [1.82, 2.24) is 0 Å².